The Morgan fingerprint density at radius 2 is 1.72 bits per heavy atom. The molecular weight excluding hydrogens is 230 g/mol. The molecule has 3 N–H and O–H groups in total. The fourth-order valence-corrected chi connectivity index (χ4v) is 1.80. The molecule has 102 valence electrons. The smallest absolute Gasteiger partial charge is 0.223 e. The van der Waals surface area contributed by atoms with Crippen LogP contribution in [0.3, 0.4) is 0 Å². The quantitative estimate of drug-likeness (QED) is 0.706. The average molecular weight is 253 g/mol. The maximum absolute atomic E-state index is 9.26. The number of hydrogen-bond acceptors (Lipinski definition) is 5. The van der Waals surface area contributed by atoms with E-state index in [2.05, 4.69) is 29.1 Å². The average Bonchev–Trinajstić information content (AvgIpc) is 2.30. The van der Waals surface area contributed by atoms with Crippen molar-refractivity contribution < 1.29 is 10.2 Å². The summed E-state index contributed by atoms with van der Waals surface area (Å²) in [4.78, 5) is 8.76. The summed E-state index contributed by atoms with van der Waals surface area (Å²) in [5.41, 5.74) is 3.13. The summed E-state index contributed by atoms with van der Waals surface area (Å²) in [5, 5.41) is 20.9. The van der Waals surface area contributed by atoms with E-state index in [1.807, 2.05) is 13.8 Å². The van der Waals surface area contributed by atoms with Crippen molar-refractivity contribution >= 4 is 5.95 Å². The molecule has 0 saturated carbocycles. The van der Waals surface area contributed by atoms with Gasteiger partial charge in [0.05, 0.1) is 12.7 Å². The molecule has 0 amide bonds. The Morgan fingerprint density at radius 3 is 2.17 bits per heavy atom. The highest BCUT2D eigenvalue weighted by atomic mass is 16.3. The van der Waals surface area contributed by atoms with E-state index in [9.17, 15) is 5.11 Å². The number of aliphatic hydroxyl groups excluding tert-OH is 2. The summed E-state index contributed by atoms with van der Waals surface area (Å²) in [7, 11) is 0. The molecule has 18 heavy (non-hydrogen) atoms. The van der Waals surface area contributed by atoms with Crippen molar-refractivity contribution in [1.29, 1.82) is 0 Å². The number of nitrogens with one attached hydrogen (secondary N) is 1. The van der Waals surface area contributed by atoms with Gasteiger partial charge in [-0.15, -0.1) is 0 Å². The molecule has 1 aromatic rings. The molecule has 0 spiro atoms. The molecule has 0 fully saturated rings. The van der Waals surface area contributed by atoms with Gasteiger partial charge in [-0.3, -0.25) is 0 Å². The summed E-state index contributed by atoms with van der Waals surface area (Å²) in [5.74, 6) is 1.08. The number of nitrogens with zero attached hydrogens (tertiary/aromatic N) is 2. The van der Waals surface area contributed by atoms with Gasteiger partial charge in [-0.25, -0.2) is 9.97 Å². The normalized spacial score (nSPS) is 12.8. The summed E-state index contributed by atoms with van der Waals surface area (Å²) in [6, 6.07) is 0. The first kappa shape index (κ1) is 14.9. The topological polar surface area (TPSA) is 78.3 Å². The predicted molar refractivity (Wildman–Crippen MR) is 71.6 cm³/mol. The Bertz CT molecular complexity index is 371. The second-order valence-electron chi connectivity index (χ2n) is 5.01. The zero-order valence-electron chi connectivity index (χ0n) is 11.6. The molecule has 0 saturated heterocycles. The van der Waals surface area contributed by atoms with E-state index in [-0.39, 0.29) is 13.2 Å². The van der Waals surface area contributed by atoms with Gasteiger partial charge in [0.25, 0.3) is 0 Å². The molecular formula is C13H23N3O2. The van der Waals surface area contributed by atoms with E-state index < -0.39 is 6.10 Å². The zero-order chi connectivity index (χ0) is 13.7. The second-order valence-corrected chi connectivity index (χ2v) is 5.01. The van der Waals surface area contributed by atoms with Crippen LogP contribution in [0.15, 0.2) is 0 Å². The molecule has 1 aromatic heterocycles. The zero-order valence-corrected chi connectivity index (χ0v) is 11.6. The molecule has 0 bridgehead atoms. The Kier molecular flexibility index (Phi) is 5.50. The lowest BCUT2D eigenvalue weighted by Crippen LogP contribution is -2.24. The van der Waals surface area contributed by atoms with Crippen LogP contribution in [0.4, 0.5) is 5.95 Å². The lowest BCUT2D eigenvalue weighted by molar-refractivity contribution is 0.105. The predicted octanol–water partition coefficient (Wildman–Crippen LogP) is 1.06. The molecule has 0 aliphatic heterocycles. The molecule has 1 rings (SSSR count). The molecule has 0 radical (unpaired) electrons. The number of hydrogen-bond donors (Lipinski definition) is 3. The van der Waals surface area contributed by atoms with Crippen LogP contribution in [-0.4, -0.2) is 39.4 Å². The number of aliphatic hydroxyl groups is 2. The van der Waals surface area contributed by atoms with Gasteiger partial charge in [0.15, 0.2) is 0 Å². The number of aryl methyl sites for hydroxylation is 2. The van der Waals surface area contributed by atoms with Crippen molar-refractivity contribution in [2.75, 3.05) is 18.5 Å². The van der Waals surface area contributed by atoms with Crippen molar-refractivity contribution in [3.63, 3.8) is 0 Å². The third kappa shape index (κ3) is 4.23. The molecule has 0 aliphatic rings. The van der Waals surface area contributed by atoms with Gasteiger partial charge >= 0.3 is 0 Å². The van der Waals surface area contributed by atoms with Crippen LogP contribution in [0.25, 0.3) is 0 Å². The van der Waals surface area contributed by atoms with Gasteiger partial charge in [-0.1, -0.05) is 13.8 Å². The highest BCUT2D eigenvalue weighted by Gasteiger charge is 2.10. The maximum atomic E-state index is 9.26. The van der Waals surface area contributed by atoms with Crippen LogP contribution in [-0.2, 0) is 6.42 Å². The van der Waals surface area contributed by atoms with Crippen molar-refractivity contribution in [2.24, 2.45) is 5.92 Å². The van der Waals surface area contributed by atoms with Crippen molar-refractivity contribution in [2.45, 2.75) is 40.2 Å². The summed E-state index contributed by atoms with van der Waals surface area (Å²) in [6.07, 6.45) is 0.182. The molecule has 5 heteroatoms. The Labute approximate surface area is 108 Å². The summed E-state index contributed by atoms with van der Waals surface area (Å²) in [6.45, 7) is 8.26. The highest BCUT2D eigenvalue weighted by Crippen LogP contribution is 2.16. The van der Waals surface area contributed by atoms with E-state index in [1.54, 1.807) is 0 Å². The Balaban J connectivity index is 2.79. The van der Waals surface area contributed by atoms with Gasteiger partial charge in [-0.05, 0) is 31.7 Å². The minimum Gasteiger partial charge on any atom is -0.394 e. The first-order valence-electron chi connectivity index (χ1n) is 6.31. The number of anilines is 1. The third-order valence-corrected chi connectivity index (χ3v) is 2.74. The van der Waals surface area contributed by atoms with E-state index in [1.165, 1.54) is 5.56 Å². The van der Waals surface area contributed by atoms with Crippen molar-refractivity contribution in [3.05, 3.63) is 17.0 Å². The van der Waals surface area contributed by atoms with Gasteiger partial charge in [-0.2, -0.15) is 0 Å². The Hall–Kier alpha value is -1.20. The number of rotatable bonds is 6. The lowest BCUT2D eigenvalue weighted by Gasteiger charge is -2.14. The van der Waals surface area contributed by atoms with Crippen LogP contribution < -0.4 is 5.32 Å². The standard InChI is InChI=1S/C13H23N3O2/c1-8(2)5-12-9(3)15-13(16-10(12)4)14-6-11(18)7-17/h8,11,17-18H,5-7H2,1-4H3,(H,14,15,16)/t11-/m0/s1. The van der Waals surface area contributed by atoms with Crippen LogP contribution in [0.2, 0.25) is 0 Å². The monoisotopic (exact) mass is 253 g/mol. The molecule has 0 aliphatic carbocycles. The van der Waals surface area contributed by atoms with E-state index in [4.69, 9.17) is 5.11 Å². The van der Waals surface area contributed by atoms with Crippen LogP contribution in [0.5, 0.6) is 0 Å². The molecule has 1 atom stereocenters. The Morgan fingerprint density at radius 1 is 1.17 bits per heavy atom. The summed E-state index contributed by atoms with van der Waals surface area (Å²) < 4.78 is 0. The van der Waals surface area contributed by atoms with Crippen LogP contribution in [0, 0.1) is 19.8 Å². The lowest BCUT2D eigenvalue weighted by atomic mass is 10.0. The fraction of sp³-hybridized carbons (Fsp3) is 0.692. The fourth-order valence-electron chi connectivity index (χ4n) is 1.80. The first-order chi connectivity index (χ1) is 8.43. The molecule has 5 nitrogen and oxygen atoms in total. The van der Waals surface area contributed by atoms with E-state index in [0.29, 0.717) is 11.9 Å². The first-order valence-corrected chi connectivity index (χ1v) is 6.31. The molecule has 0 unspecified atom stereocenters. The van der Waals surface area contributed by atoms with Gasteiger partial charge in [0.1, 0.15) is 0 Å². The minimum absolute atomic E-state index is 0.249. The molecule has 1 heterocycles. The van der Waals surface area contributed by atoms with Gasteiger partial charge in [0, 0.05) is 17.9 Å². The maximum Gasteiger partial charge on any atom is 0.223 e. The van der Waals surface area contributed by atoms with Gasteiger partial charge < -0.3 is 15.5 Å². The van der Waals surface area contributed by atoms with Crippen molar-refractivity contribution in [1.82, 2.24) is 9.97 Å². The van der Waals surface area contributed by atoms with Crippen LogP contribution in [0.1, 0.15) is 30.8 Å². The molecule has 0 aromatic carbocycles. The largest absolute Gasteiger partial charge is 0.394 e. The third-order valence-electron chi connectivity index (χ3n) is 2.74. The summed E-state index contributed by atoms with van der Waals surface area (Å²) >= 11 is 0. The highest BCUT2D eigenvalue weighted by molar-refractivity contribution is 5.34. The van der Waals surface area contributed by atoms with E-state index >= 15 is 0 Å². The van der Waals surface area contributed by atoms with E-state index in [0.717, 1.165) is 17.8 Å². The second kappa shape index (κ2) is 6.66. The minimum atomic E-state index is -0.787. The van der Waals surface area contributed by atoms with Crippen LogP contribution >= 0.6 is 0 Å². The number of aromatic nitrogens is 2. The van der Waals surface area contributed by atoms with Gasteiger partial charge in [0.2, 0.25) is 5.95 Å². The SMILES string of the molecule is Cc1nc(NC[C@H](O)CO)nc(C)c1CC(C)C. The van der Waals surface area contributed by atoms with Crippen molar-refractivity contribution in [3.8, 4) is 0 Å².